The molecule has 0 saturated carbocycles. The van der Waals surface area contributed by atoms with Crippen LogP contribution in [0.2, 0.25) is 0 Å². The summed E-state index contributed by atoms with van der Waals surface area (Å²) in [5.41, 5.74) is 0.529. The average molecular weight is 257 g/mol. The van der Waals surface area contributed by atoms with Gasteiger partial charge in [-0.25, -0.2) is 0 Å². The lowest BCUT2D eigenvalue weighted by molar-refractivity contribution is -0.137. The van der Waals surface area contributed by atoms with Crippen molar-refractivity contribution in [1.29, 1.82) is 0 Å². The minimum atomic E-state index is -4.34. The van der Waals surface area contributed by atoms with E-state index in [0.29, 0.717) is 17.7 Å². The second-order valence-electron chi connectivity index (χ2n) is 4.81. The summed E-state index contributed by atoms with van der Waals surface area (Å²) in [6, 6.07) is 4.01. The van der Waals surface area contributed by atoms with Gasteiger partial charge in [0.25, 0.3) is 0 Å². The zero-order chi connectivity index (χ0) is 13.5. The van der Waals surface area contributed by atoms with Crippen molar-refractivity contribution in [2.75, 3.05) is 13.6 Å². The van der Waals surface area contributed by atoms with Gasteiger partial charge in [0.2, 0.25) is 5.91 Å². The molecule has 1 amide bonds. The van der Waals surface area contributed by atoms with Crippen LogP contribution in [-0.2, 0) is 11.0 Å². The summed E-state index contributed by atoms with van der Waals surface area (Å²) in [4.78, 5) is 13.0. The third-order valence-corrected chi connectivity index (χ3v) is 3.24. The van der Waals surface area contributed by atoms with Crippen molar-refractivity contribution in [2.24, 2.45) is 0 Å². The third-order valence-electron chi connectivity index (χ3n) is 3.24. The van der Waals surface area contributed by atoms with E-state index < -0.39 is 11.7 Å². The number of hydrogen-bond donors (Lipinski definition) is 0. The topological polar surface area (TPSA) is 20.3 Å². The first-order valence-electron chi connectivity index (χ1n) is 5.70. The molecular formula is C13H14F3NO. The first-order valence-corrected chi connectivity index (χ1v) is 5.70. The highest BCUT2D eigenvalue weighted by Gasteiger charge is 2.33. The van der Waals surface area contributed by atoms with Crippen LogP contribution in [0.3, 0.4) is 0 Å². The first-order chi connectivity index (χ1) is 8.27. The number of alkyl halides is 3. The fourth-order valence-electron chi connectivity index (χ4n) is 2.30. The van der Waals surface area contributed by atoms with Gasteiger partial charge in [0.15, 0.2) is 0 Å². The van der Waals surface area contributed by atoms with Crippen LogP contribution >= 0.6 is 0 Å². The standard InChI is InChI=1S/C13H14F3NO/c1-8-3-9(5-11(4-8)13(14,15)16)10-6-12(18)17(2)7-10/h3-5,10H,6-7H2,1-2H3. The molecule has 0 aromatic heterocycles. The van der Waals surface area contributed by atoms with E-state index >= 15 is 0 Å². The number of carbonyl (C=O) groups is 1. The lowest BCUT2D eigenvalue weighted by Gasteiger charge is -2.14. The Morgan fingerprint density at radius 1 is 1.28 bits per heavy atom. The predicted octanol–water partition coefficient (Wildman–Crippen LogP) is 2.96. The Morgan fingerprint density at radius 3 is 2.44 bits per heavy atom. The maximum atomic E-state index is 12.7. The van der Waals surface area contributed by atoms with Crippen LogP contribution in [-0.4, -0.2) is 24.4 Å². The highest BCUT2D eigenvalue weighted by atomic mass is 19.4. The highest BCUT2D eigenvalue weighted by molar-refractivity contribution is 5.79. The van der Waals surface area contributed by atoms with Gasteiger partial charge in [0.1, 0.15) is 0 Å². The Labute approximate surface area is 103 Å². The summed E-state index contributed by atoms with van der Waals surface area (Å²) in [6.45, 7) is 2.12. The Hall–Kier alpha value is -1.52. The molecule has 1 aromatic carbocycles. The number of benzene rings is 1. The van der Waals surface area contributed by atoms with Crippen LogP contribution in [0.15, 0.2) is 18.2 Å². The number of hydrogen-bond acceptors (Lipinski definition) is 1. The molecule has 0 N–H and O–H groups in total. The van der Waals surface area contributed by atoms with Gasteiger partial charge in [-0.05, 0) is 24.6 Å². The predicted molar refractivity (Wildman–Crippen MR) is 61.2 cm³/mol. The van der Waals surface area contributed by atoms with Crippen LogP contribution in [0, 0.1) is 6.92 Å². The Kier molecular flexibility index (Phi) is 3.09. The van der Waals surface area contributed by atoms with Gasteiger partial charge in [-0.3, -0.25) is 4.79 Å². The summed E-state index contributed by atoms with van der Waals surface area (Å²) >= 11 is 0. The van der Waals surface area contributed by atoms with Crippen LogP contribution in [0.5, 0.6) is 0 Å². The molecule has 98 valence electrons. The lowest BCUT2D eigenvalue weighted by atomic mass is 9.94. The minimum absolute atomic E-state index is 0.0185. The number of nitrogens with zero attached hydrogens (tertiary/aromatic N) is 1. The zero-order valence-electron chi connectivity index (χ0n) is 10.2. The molecule has 1 aromatic rings. The molecule has 1 fully saturated rings. The van der Waals surface area contributed by atoms with E-state index in [1.54, 1.807) is 24.9 Å². The molecule has 2 nitrogen and oxygen atoms in total. The molecule has 1 atom stereocenters. The van der Waals surface area contributed by atoms with Crippen molar-refractivity contribution in [3.63, 3.8) is 0 Å². The van der Waals surface area contributed by atoms with Crippen molar-refractivity contribution in [1.82, 2.24) is 4.90 Å². The van der Waals surface area contributed by atoms with E-state index in [9.17, 15) is 18.0 Å². The molecule has 18 heavy (non-hydrogen) atoms. The highest BCUT2D eigenvalue weighted by Crippen LogP contribution is 2.34. The largest absolute Gasteiger partial charge is 0.416 e. The van der Waals surface area contributed by atoms with Crippen LogP contribution in [0.4, 0.5) is 13.2 Å². The quantitative estimate of drug-likeness (QED) is 0.757. The minimum Gasteiger partial charge on any atom is -0.345 e. The summed E-state index contributed by atoms with van der Waals surface area (Å²) in [7, 11) is 1.67. The summed E-state index contributed by atoms with van der Waals surface area (Å²) < 4.78 is 38.1. The van der Waals surface area contributed by atoms with Gasteiger partial charge in [-0.15, -0.1) is 0 Å². The number of likely N-dealkylation sites (N-methyl/N-ethyl adjacent to an activating group) is 1. The molecule has 2 rings (SSSR count). The molecule has 5 heteroatoms. The fourth-order valence-corrected chi connectivity index (χ4v) is 2.30. The molecule has 1 unspecified atom stereocenters. The van der Waals surface area contributed by atoms with Gasteiger partial charge < -0.3 is 4.90 Å². The van der Waals surface area contributed by atoms with Gasteiger partial charge in [-0.2, -0.15) is 13.2 Å². The Bertz CT molecular complexity index is 482. The molecule has 0 spiro atoms. The van der Waals surface area contributed by atoms with E-state index in [0.717, 1.165) is 12.1 Å². The second kappa shape index (κ2) is 4.30. The van der Waals surface area contributed by atoms with Gasteiger partial charge in [-0.1, -0.05) is 11.6 Å². The molecule has 1 aliphatic heterocycles. The number of carbonyl (C=O) groups excluding carboxylic acids is 1. The summed E-state index contributed by atoms with van der Waals surface area (Å²) in [5, 5.41) is 0. The van der Waals surface area contributed by atoms with Crippen LogP contribution in [0.25, 0.3) is 0 Å². The molecule has 1 saturated heterocycles. The average Bonchev–Trinajstić information content (AvgIpc) is 2.57. The summed E-state index contributed by atoms with van der Waals surface area (Å²) in [6.07, 6.45) is -4.05. The monoisotopic (exact) mass is 257 g/mol. The van der Waals surface area contributed by atoms with Crippen molar-refractivity contribution in [2.45, 2.75) is 25.4 Å². The number of halogens is 3. The third kappa shape index (κ3) is 2.49. The molecule has 0 radical (unpaired) electrons. The van der Waals surface area contributed by atoms with E-state index in [1.165, 1.54) is 0 Å². The van der Waals surface area contributed by atoms with Crippen LogP contribution in [0.1, 0.15) is 29.0 Å². The summed E-state index contributed by atoms with van der Waals surface area (Å²) in [5.74, 6) is -0.154. The van der Waals surface area contributed by atoms with Crippen molar-refractivity contribution >= 4 is 5.91 Å². The van der Waals surface area contributed by atoms with Crippen molar-refractivity contribution < 1.29 is 18.0 Å². The van der Waals surface area contributed by atoms with Crippen molar-refractivity contribution in [3.8, 4) is 0 Å². The van der Waals surface area contributed by atoms with E-state index in [-0.39, 0.29) is 18.2 Å². The smallest absolute Gasteiger partial charge is 0.345 e. The number of rotatable bonds is 1. The van der Waals surface area contributed by atoms with Gasteiger partial charge >= 0.3 is 6.18 Å². The number of likely N-dealkylation sites (tertiary alicyclic amines) is 1. The maximum Gasteiger partial charge on any atom is 0.416 e. The second-order valence-corrected chi connectivity index (χ2v) is 4.81. The zero-order valence-corrected chi connectivity index (χ0v) is 10.2. The van der Waals surface area contributed by atoms with E-state index in [4.69, 9.17) is 0 Å². The normalized spacial score (nSPS) is 20.6. The lowest BCUT2D eigenvalue weighted by Crippen LogP contribution is -2.18. The van der Waals surface area contributed by atoms with Crippen molar-refractivity contribution in [3.05, 3.63) is 34.9 Å². The van der Waals surface area contributed by atoms with E-state index in [1.807, 2.05) is 0 Å². The maximum absolute atomic E-state index is 12.7. The van der Waals surface area contributed by atoms with Gasteiger partial charge in [0, 0.05) is 25.9 Å². The van der Waals surface area contributed by atoms with Crippen LogP contribution < -0.4 is 0 Å². The Balaban J connectivity index is 2.35. The number of amides is 1. The molecular weight excluding hydrogens is 243 g/mol. The number of aryl methyl sites for hydroxylation is 1. The molecule has 0 bridgehead atoms. The molecule has 1 heterocycles. The molecule has 0 aliphatic carbocycles. The molecule has 1 aliphatic rings. The van der Waals surface area contributed by atoms with E-state index in [2.05, 4.69) is 0 Å². The Morgan fingerprint density at radius 2 is 1.94 bits per heavy atom. The fraction of sp³-hybridized carbons (Fsp3) is 0.462. The first kappa shape index (κ1) is 12.9. The van der Waals surface area contributed by atoms with Gasteiger partial charge in [0.05, 0.1) is 5.56 Å². The SMILES string of the molecule is Cc1cc(C2CC(=O)N(C)C2)cc(C(F)(F)F)c1.